The molecule has 24 heavy (non-hydrogen) atoms. The smallest absolute Gasteiger partial charge is 0.253 e. The van der Waals surface area contributed by atoms with E-state index in [9.17, 15) is 13.2 Å². The van der Waals surface area contributed by atoms with Gasteiger partial charge in [-0.3, -0.25) is 4.79 Å². The summed E-state index contributed by atoms with van der Waals surface area (Å²) in [5, 5.41) is 0. The highest BCUT2D eigenvalue weighted by molar-refractivity contribution is 7.94. The fourth-order valence-electron chi connectivity index (χ4n) is 2.42. The average molecular weight is 354 g/mol. The number of carbonyl (C=O) groups is 1. The van der Waals surface area contributed by atoms with Gasteiger partial charge in [-0.15, -0.1) is 0 Å². The Balaban J connectivity index is 0.00000254. The summed E-state index contributed by atoms with van der Waals surface area (Å²) in [5.74, 6) is -0.142. The van der Waals surface area contributed by atoms with Gasteiger partial charge in [0.1, 0.15) is 0 Å². The first kappa shape index (κ1) is 22.4. The van der Waals surface area contributed by atoms with Crippen molar-refractivity contribution in [3.8, 4) is 0 Å². The normalized spacial score (nSPS) is 15.5. The molecule has 0 aliphatic heterocycles. The van der Waals surface area contributed by atoms with Gasteiger partial charge in [0.25, 0.3) is 5.91 Å². The zero-order chi connectivity index (χ0) is 19.3. The largest absolute Gasteiger partial charge is 0.332 e. The van der Waals surface area contributed by atoms with Gasteiger partial charge < -0.3 is 4.90 Å². The summed E-state index contributed by atoms with van der Waals surface area (Å²) in [5.41, 5.74) is 1.87. The van der Waals surface area contributed by atoms with E-state index >= 15 is 0 Å². The molecule has 1 saturated carbocycles. The van der Waals surface area contributed by atoms with Gasteiger partial charge in [0, 0.05) is 18.9 Å². The van der Waals surface area contributed by atoms with Crippen LogP contribution in [-0.2, 0) is 14.6 Å². The van der Waals surface area contributed by atoms with Crippen molar-refractivity contribution in [3.05, 3.63) is 46.9 Å². The first-order chi connectivity index (χ1) is 10.9. The molecule has 0 N–H and O–H groups in total. The molecule has 0 heterocycles. The summed E-state index contributed by atoms with van der Waals surface area (Å²) in [6.45, 7) is 17.1. The fourth-order valence-corrected chi connectivity index (χ4v) is 2.81. The van der Waals surface area contributed by atoms with Crippen molar-refractivity contribution in [2.24, 2.45) is 0 Å². The van der Waals surface area contributed by atoms with E-state index < -0.39 is 15.4 Å². The van der Waals surface area contributed by atoms with Gasteiger partial charge in [-0.1, -0.05) is 38.7 Å². The van der Waals surface area contributed by atoms with Crippen LogP contribution in [0.4, 0.5) is 0 Å². The number of hydrogen-bond acceptors (Lipinski definition) is 3. The monoisotopic (exact) mass is 353 g/mol. The van der Waals surface area contributed by atoms with Gasteiger partial charge in [-0.2, -0.15) is 0 Å². The van der Waals surface area contributed by atoms with Gasteiger partial charge in [0.2, 0.25) is 0 Å². The predicted molar refractivity (Wildman–Crippen MR) is 102 cm³/mol. The van der Waals surface area contributed by atoms with Gasteiger partial charge in [0.05, 0.1) is 10.4 Å². The maximum Gasteiger partial charge on any atom is 0.253 e. The Morgan fingerprint density at radius 2 is 1.54 bits per heavy atom. The number of sulfone groups is 1. The summed E-state index contributed by atoms with van der Waals surface area (Å²) < 4.78 is 23.0. The fraction of sp³-hybridized carbons (Fsp3) is 0.526. The molecule has 0 aromatic heterocycles. The molecule has 1 rings (SSSR count). The van der Waals surface area contributed by atoms with E-state index in [2.05, 4.69) is 13.2 Å². The van der Waals surface area contributed by atoms with Gasteiger partial charge in [-0.25, -0.2) is 8.42 Å². The van der Waals surface area contributed by atoms with E-state index in [1.807, 2.05) is 34.6 Å². The summed E-state index contributed by atoms with van der Waals surface area (Å²) in [7, 11) is -1.57. The van der Waals surface area contributed by atoms with E-state index in [4.69, 9.17) is 0 Å². The van der Waals surface area contributed by atoms with Crippen LogP contribution < -0.4 is 0 Å². The van der Waals surface area contributed by atoms with E-state index in [0.29, 0.717) is 5.57 Å². The number of likely N-dealkylation sites (N-methyl/N-ethyl adjacent to an activating group) is 1. The molecule has 5 heteroatoms. The topological polar surface area (TPSA) is 54.5 Å². The van der Waals surface area contributed by atoms with Crippen molar-refractivity contribution < 1.29 is 13.2 Å². The molecule has 0 atom stereocenters. The summed E-state index contributed by atoms with van der Waals surface area (Å²) in [6, 6.07) is 0. The van der Waals surface area contributed by atoms with Crippen molar-refractivity contribution in [3.63, 3.8) is 0 Å². The minimum atomic E-state index is -3.31. The van der Waals surface area contributed by atoms with E-state index in [-0.39, 0.29) is 10.8 Å². The average Bonchev–Trinajstić information content (AvgIpc) is 3.27. The first-order valence-electron chi connectivity index (χ1n) is 8.11. The molecule has 136 valence electrons. The van der Waals surface area contributed by atoms with Crippen LogP contribution in [-0.4, -0.2) is 38.1 Å². The minimum absolute atomic E-state index is 0.0697. The molecule has 0 bridgehead atoms. The Morgan fingerprint density at radius 3 is 1.88 bits per heavy atom. The van der Waals surface area contributed by atoms with Gasteiger partial charge in [0.15, 0.2) is 9.84 Å². The number of nitrogens with zero attached hydrogens (tertiary/aromatic N) is 1. The lowest BCUT2D eigenvalue weighted by atomic mass is 10.0. The maximum atomic E-state index is 12.5. The van der Waals surface area contributed by atoms with Gasteiger partial charge in [-0.05, 0) is 45.3 Å². The molecule has 4 nitrogen and oxygen atoms in total. The second-order valence-corrected chi connectivity index (χ2v) is 8.28. The number of hydrogen-bond donors (Lipinski definition) is 0. The molecule has 0 aromatic carbocycles. The molecule has 0 spiro atoms. The predicted octanol–water partition coefficient (Wildman–Crippen LogP) is 4.03. The van der Waals surface area contributed by atoms with Gasteiger partial charge >= 0.3 is 0 Å². The highest BCUT2D eigenvalue weighted by Crippen LogP contribution is 2.47. The molecule has 1 fully saturated rings. The Kier molecular flexibility index (Phi) is 7.90. The SMILES string of the molecule is C=C(C=C(C)C)C(=O)N(C)C1(/C(C)=C/C(=C)S(C)(=O)=O)CC1.CC. The molecule has 1 amide bonds. The van der Waals surface area contributed by atoms with E-state index in [1.54, 1.807) is 24.1 Å². The minimum Gasteiger partial charge on any atom is -0.332 e. The lowest BCUT2D eigenvalue weighted by Crippen LogP contribution is -2.40. The van der Waals surface area contributed by atoms with E-state index in [0.717, 1.165) is 30.2 Å². The lowest BCUT2D eigenvalue weighted by Gasteiger charge is -2.29. The van der Waals surface area contributed by atoms with Crippen LogP contribution in [0.15, 0.2) is 46.9 Å². The number of amides is 1. The maximum absolute atomic E-state index is 12.5. The number of carbonyl (C=O) groups excluding carboxylic acids is 1. The van der Waals surface area contributed by atoms with Crippen molar-refractivity contribution in [1.82, 2.24) is 4.90 Å². The van der Waals surface area contributed by atoms with Crippen LogP contribution in [0.5, 0.6) is 0 Å². The van der Waals surface area contributed by atoms with Crippen LogP contribution in [0.1, 0.15) is 47.5 Å². The van der Waals surface area contributed by atoms with Crippen LogP contribution in [0.25, 0.3) is 0 Å². The molecule has 0 aromatic rings. The third-order valence-electron chi connectivity index (χ3n) is 4.00. The highest BCUT2D eigenvalue weighted by atomic mass is 32.2. The van der Waals surface area contributed by atoms with Crippen LogP contribution in [0.2, 0.25) is 0 Å². The lowest BCUT2D eigenvalue weighted by molar-refractivity contribution is -0.127. The Labute approximate surface area is 147 Å². The standard InChI is InChI=1S/C17H25NO3S.C2H6/c1-12(2)10-13(3)16(19)18(6)17(8-9-17)14(4)11-15(5)22(7,20)21;1-2/h10-11H,3,5,8-9H2,1-2,4,6-7H3;1-2H3/b14-11+;. The second kappa shape index (κ2) is 8.47. The highest BCUT2D eigenvalue weighted by Gasteiger charge is 2.50. The molecule has 0 saturated heterocycles. The van der Waals surface area contributed by atoms with Crippen LogP contribution >= 0.6 is 0 Å². The van der Waals surface area contributed by atoms with Crippen molar-refractivity contribution >= 4 is 15.7 Å². The Bertz CT molecular complexity index is 673. The number of rotatable bonds is 6. The van der Waals surface area contributed by atoms with Crippen LogP contribution in [0.3, 0.4) is 0 Å². The molecular formula is C19H31NO3S. The molecule has 0 unspecified atom stereocenters. The summed E-state index contributed by atoms with van der Waals surface area (Å²) in [4.78, 5) is 14.2. The zero-order valence-electron chi connectivity index (χ0n) is 16.1. The second-order valence-electron chi connectivity index (χ2n) is 6.21. The molecular weight excluding hydrogens is 322 g/mol. The van der Waals surface area contributed by atoms with Crippen LogP contribution in [0, 0.1) is 0 Å². The molecule has 1 aliphatic rings. The quantitative estimate of drug-likeness (QED) is 0.535. The summed E-state index contributed by atoms with van der Waals surface area (Å²) >= 11 is 0. The molecule has 0 radical (unpaired) electrons. The summed E-state index contributed by atoms with van der Waals surface area (Å²) in [6.07, 6.45) is 6.08. The Morgan fingerprint density at radius 1 is 1.08 bits per heavy atom. The van der Waals surface area contributed by atoms with E-state index in [1.165, 1.54) is 0 Å². The van der Waals surface area contributed by atoms with Crippen molar-refractivity contribution in [2.45, 2.75) is 53.0 Å². The zero-order valence-corrected chi connectivity index (χ0v) is 16.9. The third-order valence-corrected chi connectivity index (χ3v) is 5.07. The van der Waals surface area contributed by atoms with Crippen molar-refractivity contribution in [2.75, 3.05) is 13.3 Å². The Hall–Kier alpha value is -1.62. The van der Waals surface area contributed by atoms with Crippen molar-refractivity contribution in [1.29, 1.82) is 0 Å². The first-order valence-corrected chi connectivity index (χ1v) is 10.0. The number of allylic oxidation sites excluding steroid dienone is 2. The third kappa shape index (κ3) is 5.48. The molecule has 1 aliphatic carbocycles.